The molecule has 3 N–H and O–H groups in total. The summed E-state index contributed by atoms with van der Waals surface area (Å²) in [6.45, 7) is 0. The number of nitrogens with zero attached hydrogens (tertiary/aromatic N) is 3. The maximum absolute atomic E-state index is 13.8. The zero-order chi connectivity index (χ0) is 17.8. The summed E-state index contributed by atoms with van der Waals surface area (Å²) in [5, 5.41) is 12.0. The van der Waals surface area contributed by atoms with Crippen molar-refractivity contribution in [3.05, 3.63) is 52.5 Å². The Morgan fingerprint density at radius 3 is 2.76 bits per heavy atom. The van der Waals surface area contributed by atoms with Crippen molar-refractivity contribution in [1.29, 1.82) is 0 Å². The quantitative estimate of drug-likeness (QED) is 0.520. The van der Waals surface area contributed by atoms with E-state index in [9.17, 15) is 14.0 Å². The summed E-state index contributed by atoms with van der Waals surface area (Å²) < 4.78 is 14.9. The Morgan fingerprint density at radius 1 is 1.24 bits per heavy atom. The van der Waals surface area contributed by atoms with Crippen LogP contribution in [0, 0.1) is 5.82 Å². The molecule has 0 radical (unpaired) electrons. The van der Waals surface area contributed by atoms with E-state index in [0.717, 1.165) is 16.4 Å². The fraction of sp³-hybridized carbons (Fsp3) is 0.0667. The van der Waals surface area contributed by atoms with Gasteiger partial charge in [-0.15, -0.1) is 21.5 Å². The van der Waals surface area contributed by atoms with Crippen LogP contribution in [-0.2, 0) is 4.79 Å². The Balaban J connectivity index is 1.63. The number of halogens is 1. The van der Waals surface area contributed by atoms with Crippen molar-refractivity contribution in [3.8, 4) is 11.4 Å². The normalized spacial score (nSPS) is 10.6. The van der Waals surface area contributed by atoms with Crippen molar-refractivity contribution in [2.24, 2.45) is 0 Å². The summed E-state index contributed by atoms with van der Waals surface area (Å²) in [6.07, 6.45) is 0. The number of nitrogens with two attached hydrogens (primary N) is 1. The Hall–Kier alpha value is -2.72. The molecule has 0 bridgehead atoms. The van der Waals surface area contributed by atoms with Gasteiger partial charge < -0.3 is 5.84 Å². The fourth-order valence-electron chi connectivity index (χ4n) is 1.96. The number of hydrogen-bond donors (Lipinski definition) is 2. The summed E-state index contributed by atoms with van der Waals surface area (Å²) in [6, 6.07) is 9.38. The number of nitrogen functional groups attached to an aromatic ring is 1. The molecule has 0 spiro atoms. The lowest BCUT2D eigenvalue weighted by Crippen LogP contribution is -2.31. The largest absolute Gasteiger partial charge is 0.335 e. The van der Waals surface area contributed by atoms with Gasteiger partial charge in [0.1, 0.15) is 5.82 Å². The first-order chi connectivity index (χ1) is 12.1. The second kappa shape index (κ2) is 7.45. The number of nitrogens with one attached hydrogen (secondary N) is 1. The van der Waals surface area contributed by atoms with Crippen LogP contribution in [0.5, 0.6) is 0 Å². The Kier molecular flexibility index (Phi) is 5.10. The molecule has 0 saturated carbocycles. The van der Waals surface area contributed by atoms with Crippen LogP contribution in [0.15, 0.2) is 46.9 Å². The highest BCUT2D eigenvalue weighted by atomic mass is 32.2. The lowest BCUT2D eigenvalue weighted by atomic mass is 10.2. The first-order valence-electron chi connectivity index (χ1n) is 7.02. The van der Waals surface area contributed by atoms with Crippen LogP contribution in [0.1, 0.15) is 9.67 Å². The predicted octanol–water partition coefficient (Wildman–Crippen LogP) is 1.91. The molecule has 0 saturated heterocycles. The first kappa shape index (κ1) is 17.1. The van der Waals surface area contributed by atoms with Crippen LogP contribution in [0.3, 0.4) is 0 Å². The number of rotatable bonds is 5. The molecule has 7 nitrogen and oxygen atoms in total. The Labute approximate surface area is 150 Å². The van der Waals surface area contributed by atoms with Crippen molar-refractivity contribution in [2.75, 3.05) is 11.6 Å². The van der Waals surface area contributed by atoms with E-state index in [-0.39, 0.29) is 22.3 Å². The Morgan fingerprint density at radius 2 is 2.04 bits per heavy atom. The van der Waals surface area contributed by atoms with Gasteiger partial charge in [-0.2, -0.15) is 0 Å². The topological polar surface area (TPSA) is 103 Å². The average Bonchev–Trinajstić information content (AvgIpc) is 3.24. The molecule has 3 rings (SSSR count). The zero-order valence-corrected chi connectivity index (χ0v) is 14.3. The van der Waals surface area contributed by atoms with E-state index < -0.39 is 17.6 Å². The molecule has 25 heavy (non-hydrogen) atoms. The van der Waals surface area contributed by atoms with Gasteiger partial charge in [-0.1, -0.05) is 30.0 Å². The van der Waals surface area contributed by atoms with Crippen LogP contribution >= 0.6 is 23.1 Å². The van der Waals surface area contributed by atoms with Gasteiger partial charge in [-0.3, -0.25) is 14.9 Å². The second-order valence-electron chi connectivity index (χ2n) is 4.80. The van der Waals surface area contributed by atoms with Crippen molar-refractivity contribution >= 4 is 34.9 Å². The van der Waals surface area contributed by atoms with Gasteiger partial charge in [0.05, 0.1) is 16.2 Å². The van der Waals surface area contributed by atoms with E-state index in [1.54, 1.807) is 29.6 Å². The van der Waals surface area contributed by atoms with E-state index in [4.69, 9.17) is 5.84 Å². The number of benzene rings is 1. The molecule has 3 aromatic rings. The predicted molar refractivity (Wildman–Crippen MR) is 93.1 cm³/mol. The van der Waals surface area contributed by atoms with E-state index >= 15 is 0 Å². The molecular formula is C15H12FN5O2S2. The van der Waals surface area contributed by atoms with Gasteiger partial charge in [-0.25, -0.2) is 9.07 Å². The standard InChI is InChI=1S/C15H12FN5O2S2/c16-10-5-2-1-4-9(10)13-19-20-15(21(13)17)25-8-12(22)18-14(23)11-6-3-7-24-11/h1-7H,8,17H2,(H,18,22,23). The minimum atomic E-state index is -0.487. The lowest BCUT2D eigenvalue weighted by molar-refractivity contribution is -0.117. The average molecular weight is 377 g/mol. The van der Waals surface area contributed by atoms with Crippen molar-refractivity contribution in [1.82, 2.24) is 20.2 Å². The number of imide groups is 1. The molecule has 2 amide bonds. The van der Waals surface area contributed by atoms with Gasteiger partial charge in [0, 0.05) is 0 Å². The van der Waals surface area contributed by atoms with Gasteiger partial charge in [0.25, 0.3) is 5.91 Å². The summed E-state index contributed by atoms with van der Waals surface area (Å²) >= 11 is 2.24. The number of thioether (sulfide) groups is 1. The summed E-state index contributed by atoms with van der Waals surface area (Å²) in [5.74, 6) is 4.53. The monoisotopic (exact) mass is 377 g/mol. The molecule has 2 heterocycles. The number of amides is 2. The molecule has 128 valence electrons. The van der Waals surface area contributed by atoms with Gasteiger partial charge in [-0.05, 0) is 23.6 Å². The SMILES string of the molecule is Nn1c(SCC(=O)NC(=O)c2cccs2)nnc1-c1ccccc1F. The number of carbonyl (C=O) groups excluding carboxylic acids is 2. The Bertz CT molecular complexity index is 911. The highest BCUT2D eigenvalue weighted by Crippen LogP contribution is 2.23. The van der Waals surface area contributed by atoms with Crippen LogP contribution in [0.2, 0.25) is 0 Å². The van der Waals surface area contributed by atoms with Crippen molar-refractivity contribution in [3.63, 3.8) is 0 Å². The number of thiophene rings is 1. The maximum atomic E-state index is 13.8. The van der Waals surface area contributed by atoms with Crippen molar-refractivity contribution < 1.29 is 14.0 Å². The minimum absolute atomic E-state index is 0.0796. The molecule has 0 aliphatic heterocycles. The van der Waals surface area contributed by atoms with E-state index in [1.807, 2.05) is 0 Å². The molecule has 0 aliphatic carbocycles. The first-order valence-corrected chi connectivity index (χ1v) is 8.88. The fourth-order valence-corrected chi connectivity index (χ4v) is 3.24. The van der Waals surface area contributed by atoms with Gasteiger partial charge >= 0.3 is 0 Å². The third-order valence-corrected chi connectivity index (χ3v) is 4.92. The smallest absolute Gasteiger partial charge is 0.267 e. The van der Waals surface area contributed by atoms with Crippen LogP contribution < -0.4 is 11.2 Å². The number of aromatic nitrogens is 3. The molecule has 2 aromatic heterocycles. The van der Waals surface area contributed by atoms with E-state index in [2.05, 4.69) is 15.5 Å². The van der Waals surface area contributed by atoms with Gasteiger partial charge in [0.2, 0.25) is 11.1 Å². The molecule has 0 unspecified atom stereocenters. The van der Waals surface area contributed by atoms with Crippen molar-refractivity contribution in [2.45, 2.75) is 5.16 Å². The zero-order valence-electron chi connectivity index (χ0n) is 12.7. The third-order valence-electron chi connectivity index (χ3n) is 3.11. The maximum Gasteiger partial charge on any atom is 0.267 e. The van der Waals surface area contributed by atoms with E-state index in [0.29, 0.717) is 4.88 Å². The minimum Gasteiger partial charge on any atom is -0.335 e. The van der Waals surface area contributed by atoms with Crippen LogP contribution in [-0.4, -0.2) is 32.4 Å². The lowest BCUT2D eigenvalue weighted by Gasteiger charge is -2.05. The van der Waals surface area contributed by atoms with Crippen LogP contribution in [0.4, 0.5) is 4.39 Å². The highest BCUT2D eigenvalue weighted by molar-refractivity contribution is 7.99. The second-order valence-corrected chi connectivity index (χ2v) is 6.69. The third kappa shape index (κ3) is 3.86. The molecular weight excluding hydrogens is 365 g/mol. The van der Waals surface area contributed by atoms with Gasteiger partial charge in [0.15, 0.2) is 5.82 Å². The highest BCUT2D eigenvalue weighted by Gasteiger charge is 2.17. The summed E-state index contributed by atoms with van der Waals surface area (Å²) in [7, 11) is 0. The molecule has 10 heteroatoms. The summed E-state index contributed by atoms with van der Waals surface area (Å²) in [4.78, 5) is 24.1. The number of carbonyl (C=O) groups is 2. The number of hydrogen-bond acceptors (Lipinski definition) is 7. The van der Waals surface area contributed by atoms with E-state index in [1.165, 1.54) is 23.5 Å². The van der Waals surface area contributed by atoms with Crippen LogP contribution in [0.25, 0.3) is 11.4 Å². The molecule has 0 fully saturated rings. The molecule has 1 aromatic carbocycles. The molecule has 0 atom stereocenters. The summed E-state index contributed by atoms with van der Waals surface area (Å²) in [5.41, 5.74) is 0.210. The molecule has 0 aliphatic rings.